The fourth-order valence-corrected chi connectivity index (χ4v) is 3.45. The van der Waals surface area contributed by atoms with Crippen LogP contribution in [0.1, 0.15) is 17.7 Å². The fourth-order valence-electron chi connectivity index (χ4n) is 2.45. The van der Waals surface area contributed by atoms with Crippen molar-refractivity contribution in [1.29, 1.82) is 0 Å². The van der Waals surface area contributed by atoms with Crippen LogP contribution in [0.2, 0.25) is 0 Å². The summed E-state index contributed by atoms with van der Waals surface area (Å²) < 4.78 is 30.3. The lowest BCUT2D eigenvalue weighted by Crippen LogP contribution is -2.20. The van der Waals surface area contributed by atoms with E-state index in [1.165, 1.54) is 28.5 Å². The predicted molar refractivity (Wildman–Crippen MR) is 94.3 cm³/mol. The number of ether oxygens (including phenoxy) is 1. The molecular weight excluding hydrogens is 346 g/mol. The summed E-state index contributed by atoms with van der Waals surface area (Å²) in [5, 5.41) is 1.17. The van der Waals surface area contributed by atoms with Crippen molar-refractivity contribution in [1.82, 2.24) is 9.55 Å². The zero-order valence-corrected chi connectivity index (χ0v) is 14.5. The lowest BCUT2D eigenvalue weighted by atomic mass is 10.2. The Labute approximate surface area is 147 Å². The van der Waals surface area contributed by atoms with Crippen molar-refractivity contribution in [2.45, 2.75) is 23.9 Å². The second-order valence-electron chi connectivity index (χ2n) is 5.48. The van der Waals surface area contributed by atoms with Gasteiger partial charge in [0, 0.05) is 12.3 Å². The van der Waals surface area contributed by atoms with E-state index in [1.807, 2.05) is 25.1 Å². The Balaban J connectivity index is 1.85. The number of para-hydroxylation sites is 1. The molecule has 0 bridgehead atoms. The number of aromatic nitrogens is 2. The van der Waals surface area contributed by atoms with E-state index in [1.54, 1.807) is 25.2 Å². The zero-order valence-electron chi connectivity index (χ0n) is 13.6. The van der Waals surface area contributed by atoms with Gasteiger partial charge in [-0.1, -0.05) is 36.0 Å². The number of fused-ring (bicyclic) bond motifs is 1. The number of thioether (sulfide) groups is 1. The van der Waals surface area contributed by atoms with E-state index in [0.29, 0.717) is 16.1 Å². The molecule has 1 unspecified atom stereocenters. The summed E-state index contributed by atoms with van der Waals surface area (Å²) >= 11 is 1.43. The lowest BCUT2D eigenvalue weighted by molar-refractivity contribution is -0.0498. The highest BCUT2D eigenvalue weighted by molar-refractivity contribution is 7.99. The number of halogens is 2. The third kappa shape index (κ3) is 3.82. The average Bonchev–Trinajstić information content (AvgIpc) is 2.59. The summed E-state index contributed by atoms with van der Waals surface area (Å²) in [7, 11) is 1.69. The topological polar surface area (TPSA) is 44.1 Å². The van der Waals surface area contributed by atoms with Crippen molar-refractivity contribution in [3.63, 3.8) is 0 Å². The first kappa shape index (κ1) is 17.4. The molecule has 2 aromatic carbocycles. The van der Waals surface area contributed by atoms with E-state index >= 15 is 0 Å². The van der Waals surface area contributed by atoms with Gasteiger partial charge in [-0.25, -0.2) is 4.98 Å². The Morgan fingerprint density at radius 1 is 1.12 bits per heavy atom. The van der Waals surface area contributed by atoms with Crippen molar-refractivity contribution in [3.05, 3.63) is 64.4 Å². The van der Waals surface area contributed by atoms with Crippen molar-refractivity contribution in [3.8, 4) is 5.75 Å². The molecule has 0 aliphatic carbocycles. The first-order valence-corrected chi connectivity index (χ1v) is 8.51. The number of benzene rings is 2. The molecule has 3 rings (SSSR count). The molecule has 4 nitrogen and oxygen atoms in total. The number of rotatable bonds is 5. The highest BCUT2D eigenvalue weighted by atomic mass is 32.2. The van der Waals surface area contributed by atoms with Crippen LogP contribution in [0.15, 0.2) is 58.5 Å². The molecule has 1 heterocycles. The Bertz CT molecular complexity index is 942. The van der Waals surface area contributed by atoms with E-state index in [-0.39, 0.29) is 16.6 Å². The van der Waals surface area contributed by atoms with Gasteiger partial charge in [0.1, 0.15) is 5.75 Å². The summed E-state index contributed by atoms with van der Waals surface area (Å²) in [6, 6.07) is 13.7. The van der Waals surface area contributed by atoms with Crippen LogP contribution in [-0.4, -0.2) is 16.2 Å². The summed E-state index contributed by atoms with van der Waals surface area (Å²) in [6.07, 6.45) is 0. The van der Waals surface area contributed by atoms with Gasteiger partial charge in [-0.15, -0.1) is 0 Å². The van der Waals surface area contributed by atoms with Gasteiger partial charge in [-0.05, 0) is 36.8 Å². The Morgan fingerprint density at radius 3 is 2.48 bits per heavy atom. The first-order chi connectivity index (χ1) is 12.0. The molecule has 1 atom stereocenters. The van der Waals surface area contributed by atoms with Crippen molar-refractivity contribution >= 4 is 22.7 Å². The van der Waals surface area contributed by atoms with Crippen molar-refractivity contribution in [2.75, 3.05) is 0 Å². The highest BCUT2D eigenvalue weighted by Gasteiger charge is 2.14. The molecule has 0 saturated heterocycles. The lowest BCUT2D eigenvalue weighted by Gasteiger charge is -2.14. The van der Waals surface area contributed by atoms with E-state index in [9.17, 15) is 13.6 Å². The number of hydrogen-bond donors (Lipinski definition) is 0. The van der Waals surface area contributed by atoms with E-state index in [4.69, 9.17) is 0 Å². The van der Waals surface area contributed by atoms with Crippen LogP contribution in [0.5, 0.6) is 5.75 Å². The van der Waals surface area contributed by atoms with Crippen LogP contribution >= 0.6 is 11.8 Å². The molecule has 0 spiro atoms. The molecule has 25 heavy (non-hydrogen) atoms. The smallest absolute Gasteiger partial charge is 0.387 e. The molecule has 0 amide bonds. The molecule has 1 aromatic heterocycles. The van der Waals surface area contributed by atoms with Gasteiger partial charge in [0.2, 0.25) is 0 Å². The van der Waals surface area contributed by atoms with Gasteiger partial charge in [0.15, 0.2) is 5.16 Å². The quantitative estimate of drug-likeness (QED) is 0.499. The minimum atomic E-state index is -2.84. The molecule has 0 saturated carbocycles. The van der Waals surface area contributed by atoms with Crippen LogP contribution < -0.4 is 10.3 Å². The Kier molecular flexibility index (Phi) is 5.03. The van der Waals surface area contributed by atoms with Gasteiger partial charge in [0.05, 0.1) is 10.9 Å². The average molecular weight is 362 g/mol. The summed E-state index contributed by atoms with van der Waals surface area (Å²) in [5.74, 6) is 0.118. The largest absolute Gasteiger partial charge is 0.435 e. The predicted octanol–water partition coefficient (Wildman–Crippen LogP) is 4.39. The molecule has 0 aliphatic heterocycles. The van der Waals surface area contributed by atoms with Gasteiger partial charge in [-0.3, -0.25) is 9.36 Å². The van der Waals surface area contributed by atoms with Gasteiger partial charge in [0.25, 0.3) is 5.56 Å². The molecule has 0 radical (unpaired) electrons. The maximum Gasteiger partial charge on any atom is 0.387 e. The first-order valence-electron chi connectivity index (χ1n) is 7.63. The van der Waals surface area contributed by atoms with E-state index < -0.39 is 6.61 Å². The van der Waals surface area contributed by atoms with Crippen LogP contribution in [0.4, 0.5) is 8.78 Å². The standard InChI is InChI=1S/C18H16F2N2O2S/c1-11(12-7-9-13(10-8-12)24-17(19)20)25-18-21-15-6-4-3-5-14(15)16(23)22(18)2/h3-11,17H,1-2H3. The number of alkyl halides is 2. The van der Waals surface area contributed by atoms with E-state index in [0.717, 1.165) is 5.56 Å². The molecule has 130 valence electrons. The van der Waals surface area contributed by atoms with Crippen molar-refractivity contribution < 1.29 is 13.5 Å². The summed E-state index contributed by atoms with van der Waals surface area (Å²) in [6.45, 7) is -0.872. The zero-order chi connectivity index (χ0) is 18.0. The van der Waals surface area contributed by atoms with Gasteiger partial charge < -0.3 is 4.74 Å². The van der Waals surface area contributed by atoms with E-state index in [2.05, 4.69) is 9.72 Å². The van der Waals surface area contributed by atoms with Crippen LogP contribution in [0, 0.1) is 0 Å². The maximum atomic E-state index is 12.4. The SMILES string of the molecule is CC(Sc1nc2ccccc2c(=O)n1C)c1ccc(OC(F)F)cc1. The minimum Gasteiger partial charge on any atom is -0.435 e. The van der Waals surface area contributed by atoms with Crippen molar-refractivity contribution in [2.24, 2.45) is 7.05 Å². The third-order valence-electron chi connectivity index (χ3n) is 3.80. The second kappa shape index (κ2) is 7.23. The summed E-state index contributed by atoms with van der Waals surface area (Å²) in [4.78, 5) is 17.0. The maximum absolute atomic E-state index is 12.4. The van der Waals surface area contributed by atoms with Gasteiger partial charge in [-0.2, -0.15) is 8.78 Å². The highest BCUT2D eigenvalue weighted by Crippen LogP contribution is 2.34. The Hall–Kier alpha value is -2.41. The number of hydrogen-bond acceptors (Lipinski definition) is 4. The normalized spacial score (nSPS) is 12.5. The van der Waals surface area contributed by atoms with Gasteiger partial charge >= 0.3 is 6.61 Å². The molecule has 7 heteroatoms. The molecule has 3 aromatic rings. The van der Waals surface area contributed by atoms with Crippen LogP contribution in [0.25, 0.3) is 10.9 Å². The minimum absolute atomic E-state index is 0.0140. The molecule has 0 N–H and O–H groups in total. The molecule has 0 aliphatic rings. The Morgan fingerprint density at radius 2 is 1.80 bits per heavy atom. The fraction of sp³-hybridized carbons (Fsp3) is 0.222. The third-order valence-corrected chi connectivity index (χ3v) is 5.00. The number of nitrogens with zero attached hydrogens (tertiary/aromatic N) is 2. The van der Waals surface area contributed by atoms with Crippen LogP contribution in [0.3, 0.4) is 0 Å². The molecular formula is C18H16F2N2O2S. The van der Waals surface area contributed by atoms with Crippen LogP contribution in [-0.2, 0) is 7.05 Å². The summed E-state index contributed by atoms with van der Waals surface area (Å²) in [5.41, 5.74) is 1.48. The molecule has 0 fully saturated rings. The monoisotopic (exact) mass is 362 g/mol. The second-order valence-corrected chi connectivity index (χ2v) is 6.79.